The van der Waals surface area contributed by atoms with Crippen molar-refractivity contribution < 1.29 is 14.7 Å². The van der Waals surface area contributed by atoms with Crippen LogP contribution in [0.4, 0.5) is 0 Å². The van der Waals surface area contributed by atoms with Crippen molar-refractivity contribution in [2.24, 2.45) is 0 Å². The maximum absolute atomic E-state index is 12.3. The van der Waals surface area contributed by atoms with E-state index in [1.165, 1.54) is 0 Å². The molecule has 1 amide bonds. The molecule has 2 aromatic rings. The highest BCUT2D eigenvalue weighted by atomic mass is 32.1. The smallest absolute Gasteiger partial charge is 0.335 e. The Morgan fingerprint density at radius 1 is 1.29 bits per heavy atom. The zero-order chi connectivity index (χ0) is 17.7. The number of thiazole rings is 1. The summed E-state index contributed by atoms with van der Waals surface area (Å²) in [6.07, 6.45) is 1.69. The fraction of sp³-hybridized carbons (Fsp3) is 0.389. The molecular weight excluding hydrogens is 324 g/mol. The van der Waals surface area contributed by atoms with E-state index in [0.29, 0.717) is 12.8 Å². The molecule has 0 radical (unpaired) electrons. The standard InChI is InChI=1S/C18H22N2O3S/c1-4-18(3,17-19-12(2)11-24-17)20-15(21)10-7-13-5-8-14(9-6-13)16(22)23/h5-6,8-9,11H,4,7,10H2,1-3H3,(H,20,21)(H,22,23)/t18-/m1/s1. The summed E-state index contributed by atoms with van der Waals surface area (Å²) in [7, 11) is 0. The lowest BCUT2D eigenvalue weighted by Crippen LogP contribution is -2.43. The minimum absolute atomic E-state index is 0.0329. The van der Waals surface area contributed by atoms with Crippen LogP contribution in [0.25, 0.3) is 0 Å². The van der Waals surface area contributed by atoms with Crippen LogP contribution in [0.2, 0.25) is 0 Å². The summed E-state index contributed by atoms with van der Waals surface area (Å²) in [6, 6.07) is 6.62. The van der Waals surface area contributed by atoms with Crippen LogP contribution in [-0.4, -0.2) is 22.0 Å². The summed E-state index contributed by atoms with van der Waals surface area (Å²) >= 11 is 1.56. The van der Waals surface area contributed by atoms with Crippen LogP contribution in [0.5, 0.6) is 0 Å². The molecule has 0 spiro atoms. The molecule has 0 saturated heterocycles. The fourth-order valence-corrected chi connectivity index (χ4v) is 3.33. The molecule has 0 bridgehead atoms. The monoisotopic (exact) mass is 346 g/mol. The topological polar surface area (TPSA) is 79.3 Å². The van der Waals surface area contributed by atoms with E-state index in [1.807, 2.05) is 26.2 Å². The third-order valence-electron chi connectivity index (χ3n) is 4.06. The Bertz CT molecular complexity index is 724. The van der Waals surface area contributed by atoms with Crippen LogP contribution in [-0.2, 0) is 16.8 Å². The molecule has 1 atom stereocenters. The highest BCUT2D eigenvalue weighted by molar-refractivity contribution is 7.09. The van der Waals surface area contributed by atoms with E-state index in [4.69, 9.17) is 5.11 Å². The van der Waals surface area contributed by atoms with E-state index in [9.17, 15) is 9.59 Å². The molecule has 1 aromatic carbocycles. The van der Waals surface area contributed by atoms with Crippen molar-refractivity contribution in [2.45, 2.75) is 45.6 Å². The number of nitrogens with one attached hydrogen (secondary N) is 1. The van der Waals surface area contributed by atoms with Crippen molar-refractivity contribution in [1.29, 1.82) is 0 Å². The summed E-state index contributed by atoms with van der Waals surface area (Å²) in [5.41, 5.74) is 1.70. The predicted octanol–water partition coefficient (Wildman–Crippen LogP) is 3.52. The van der Waals surface area contributed by atoms with Gasteiger partial charge in [-0.1, -0.05) is 19.1 Å². The van der Waals surface area contributed by atoms with Crippen LogP contribution in [0.1, 0.15) is 53.3 Å². The normalized spacial score (nSPS) is 13.3. The van der Waals surface area contributed by atoms with E-state index in [-0.39, 0.29) is 11.5 Å². The number of carbonyl (C=O) groups excluding carboxylic acids is 1. The Kier molecular flexibility index (Phi) is 5.72. The summed E-state index contributed by atoms with van der Waals surface area (Å²) in [5, 5.41) is 14.9. The first kappa shape index (κ1) is 18.1. The van der Waals surface area contributed by atoms with Crippen LogP contribution >= 0.6 is 11.3 Å². The Morgan fingerprint density at radius 3 is 2.46 bits per heavy atom. The first-order chi connectivity index (χ1) is 11.3. The van der Waals surface area contributed by atoms with Crippen molar-refractivity contribution in [3.05, 3.63) is 51.5 Å². The molecule has 0 aliphatic rings. The van der Waals surface area contributed by atoms with Crippen molar-refractivity contribution >= 4 is 23.2 Å². The minimum atomic E-state index is -0.947. The Hall–Kier alpha value is -2.21. The van der Waals surface area contributed by atoms with Gasteiger partial charge in [0.2, 0.25) is 5.91 Å². The van der Waals surface area contributed by atoms with Gasteiger partial charge in [0.25, 0.3) is 0 Å². The zero-order valence-corrected chi connectivity index (χ0v) is 14.9. The second-order valence-electron chi connectivity index (χ2n) is 6.03. The molecule has 1 heterocycles. The lowest BCUT2D eigenvalue weighted by Gasteiger charge is -2.27. The first-order valence-corrected chi connectivity index (χ1v) is 8.78. The van der Waals surface area contributed by atoms with E-state index in [0.717, 1.165) is 22.7 Å². The number of aryl methyl sites for hydroxylation is 2. The fourth-order valence-electron chi connectivity index (χ4n) is 2.34. The quantitative estimate of drug-likeness (QED) is 0.804. The van der Waals surface area contributed by atoms with Crippen molar-refractivity contribution in [1.82, 2.24) is 10.3 Å². The third kappa shape index (κ3) is 4.41. The minimum Gasteiger partial charge on any atom is -0.478 e. The number of benzene rings is 1. The third-order valence-corrected chi connectivity index (χ3v) is 5.28. The molecular formula is C18H22N2O3S. The van der Waals surface area contributed by atoms with Crippen LogP contribution in [0, 0.1) is 6.92 Å². The summed E-state index contributed by atoms with van der Waals surface area (Å²) in [6.45, 7) is 5.96. The average molecular weight is 346 g/mol. The molecule has 0 fully saturated rings. The molecule has 2 N–H and O–H groups in total. The maximum Gasteiger partial charge on any atom is 0.335 e. The molecule has 128 valence electrons. The van der Waals surface area contributed by atoms with Gasteiger partial charge in [-0.25, -0.2) is 9.78 Å². The Labute approximate surface area is 145 Å². The first-order valence-electron chi connectivity index (χ1n) is 7.90. The van der Waals surface area contributed by atoms with Gasteiger partial charge in [0, 0.05) is 17.5 Å². The Balaban J connectivity index is 1.95. The molecule has 24 heavy (non-hydrogen) atoms. The number of carboxylic acid groups (broad SMARTS) is 1. The van der Waals surface area contributed by atoms with Crippen molar-refractivity contribution in [2.75, 3.05) is 0 Å². The number of nitrogens with zero attached hydrogens (tertiary/aromatic N) is 1. The number of carboxylic acids is 1. The SMILES string of the molecule is CC[C@@](C)(NC(=O)CCc1ccc(C(=O)O)cc1)c1nc(C)cs1. The number of aromatic carboxylic acids is 1. The van der Waals surface area contributed by atoms with Crippen molar-refractivity contribution in [3.8, 4) is 0 Å². The second kappa shape index (κ2) is 7.57. The van der Waals surface area contributed by atoms with Gasteiger partial charge in [-0.2, -0.15) is 0 Å². The van der Waals surface area contributed by atoms with Gasteiger partial charge >= 0.3 is 5.97 Å². The lowest BCUT2D eigenvalue weighted by molar-refractivity contribution is -0.123. The van der Waals surface area contributed by atoms with Crippen LogP contribution < -0.4 is 5.32 Å². The number of hydrogen-bond donors (Lipinski definition) is 2. The highest BCUT2D eigenvalue weighted by Crippen LogP contribution is 2.27. The summed E-state index contributed by atoms with van der Waals surface area (Å²) in [5.74, 6) is -0.980. The van der Waals surface area contributed by atoms with E-state index in [1.54, 1.807) is 35.6 Å². The van der Waals surface area contributed by atoms with Gasteiger partial charge in [0.1, 0.15) is 5.01 Å². The summed E-state index contributed by atoms with van der Waals surface area (Å²) < 4.78 is 0. The second-order valence-corrected chi connectivity index (χ2v) is 6.89. The van der Waals surface area contributed by atoms with Crippen molar-refractivity contribution in [3.63, 3.8) is 0 Å². The van der Waals surface area contributed by atoms with E-state index < -0.39 is 11.5 Å². The van der Waals surface area contributed by atoms with Gasteiger partial charge in [-0.15, -0.1) is 11.3 Å². The molecule has 1 aromatic heterocycles. The van der Waals surface area contributed by atoms with Gasteiger partial charge in [-0.3, -0.25) is 4.79 Å². The lowest BCUT2D eigenvalue weighted by atomic mass is 9.99. The van der Waals surface area contributed by atoms with E-state index in [2.05, 4.69) is 10.3 Å². The van der Waals surface area contributed by atoms with Gasteiger partial charge < -0.3 is 10.4 Å². The van der Waals surface area contributed by atoms with Gasteiger partial charge in [0.05, 0.1) is 11.1 Å². The highest BCUT2D eigenvalue weighted by Gasteiger charge is 2.29. The predicted molar refractivity (Wildman–Crippen MR) is 94.4 cm³/mol. The molecule has 5 nitrogen and oxygen atoms in total. The zero-order valence-electron chi connectivity index (χ0n) is 14.1. The van der Waals surface area contributed by atoms with Gasteiger partial charge in [-0.05, 0) is 44.4 Å². The molecule has 0 aliphatic carbocycles. The summed E-state index contributed by atoms with van der Waals surface area (Å²) in [4.78, 5) is 27.7. The molecule has 0 saturated carbocycles. The number of carbonyl (C=O) groups is 2. The van der Waals surface area contributed by atoms with Crippen LogP contribution in [0.15, 0.2) is 29.6 Å². The maximum atomic E-state index is 12.3. The number of hydrogen-bond acceptors (Lipinski definition) is 4. The average Bonchev–Trinajstić information content (AvgIpc) is 3.00. The van der Waals surface area contributed by atoms with Crippen LogP contribution in [0.3, 0.4) is 0 Å². The number of aromatic nitrogens is 1. The molecule has 6 heteroatoms. The Morgan fingerprint density at radius 2 is 1.96 bits per heavy atom. The van der Waals surface area contributed by atoms with E-state index >= 15 is 0 Å². The molecule has 0 unspecified atom stereocenters. The number of amides is 1. The largest absolute Gasteiger partial charge is 0.478 e. The molecule has 2 rings (SSSR count). The number of rotatable bonds is 7. The molecule has 0 aliphatic heterocycles. The van der Waals surface area contributed by atoms with Gasteiger partial charge in [0.15, 0.2) is 0 Å².